The van der Waals surface area contributed by atoms with Gasteiger partial charge in [0.25, 0.3) is 0 Å². The molecule has 5 rings (SSSR count). The van der Waals surface area contributed by atoms with Gasteiger partial charge >= 0.3 is 5.97 Å². The molecule has 0 spiro atoms. The second-order valence-corrected chi connectivity index (χ2v) is 8.17. The maximum atomic E-state index is 11.7. The van der Waals surface area contributed by atoms with Crippen molar-refractivity contribution in [3.8, 4) is 5.75 Å². The minimum absolute atomic E-state index is 0.222. The van der Waals surface area contributed by atoms with Gasteiger partial charge in [0.1, 0.15) is 5.75 Å². The van der Waals surface area contributed by atoms with Crippen molar-refractivity contribution in [3.05, 3.63) is 102 Å². The summed E-state index contributed by atoms with van der Waals surface area (Å²) in [4.78, 5) is 11.7. The van der Waals surface area contributed by atoms with E-state index in [-0.39, 0.29) is 11.6 Å². The Bertz CT molecular complexity index is 1450. The lowest BCUT2D eigenvalue weighted by Gasteiger charge is -2.26. The lowest BCUT2D eigenvalue weighted by molar-refractivity contribution is 0.0698. The fraction of sp³-hybridized carbons (Fsp3) is 0.111. The summed E-state index contributed by atoms with van der Waals surface area (Å²) in [5, 5.41) is 18.4. The molecular formula is C27H23N3O3. The van der Waals surface area contributed by atoms with Crippen LogP contribution in [0.1, 0.15) is 40.0 Å². The molecule has 33 heavy (non-hydrogen) atoms. The van der Waals surface area contributed by atoms with Gasteiger partial charge < -0.3 is 15.2 Å². The maximum absolute atomic E-state index is 11.7. The van der Waals surface area contributed by atoms with Crippen molar-refractivity contribution >= 4 is 34.0 Å². The molecule has 0 bridgehead atoms. The van der Waals surface area contributed by atoms with E-state index in [1.165, 1.54) is 0 Å². The molecular weight excluding hydrogens is 414 g/mol. The summed E-state index contributed by atoms with van der Waals surface area (Å²) in [5.41, 5.74) is 5.43. The molecule has 0 aliphatic carbocycles. The zero-order valence-corrected chi connectivity index (χ0v) is 18.4. The molecule has 0 saturated heterocycles. The first-order valence-electron chi connectivity index (χ1n) is 10.7. The van der Waals surface area contributed by atoms with Crippen molar-refractivity contribution in [2.45, 2.75) is 19.9 Å². The number of nitrogens with zero attached hydrogens (tertiary/aromatic N) is 2. The average Bonchev–Trinajstić information content (AvgIpc) is 3.23. The van der Waals surface area contributed by atoms with Gasteiger partial charge in [-0.25, -0.2) is 9.48 Å². The fourth-order valence-electron chi connectivity index (χ4n) is 4.19. The first kappa shape index (κ1) is 20.6. The molecule has 3 aromatic carbocycles. The summed E-state index contributed by atoms with van der Waals surface area (Å²) in [6.07, 6.45) is 3.70. The first-order valence-corrected chi connectivity index (χ1v) is 10.7. The number of hydrogen-bond acceptors (Lipinski definition) is 4. The van der Waals surface area contributed by atoms with Gasteiger partial charge in [0.05, 0.1) is 23.3 Å². The Balaban J connectivity index is 1.55. The number of nitrogens with one attached hydrogen (secondary N) is 1. The number of aryl methyl sites for hydroxylation is 1. The third-order valence-corrected chi connectivity index (χ3v) is 5.79. The van der Waals surface area contributed by atoms with Crippen LogP contribution in [-0.2, 0) is 0 Å². The largest absolute Gasteiger partial charge is 0.478 e. The number of benzene rings is 3. The van der Waals surface area contributed by atoms with Crippen LogP contribution in [0.5, 0.6) is 5.75 Å². The molecule has 6 nitrogen and oxygen atoms in total. The van der Waals surface area contributed by atoms with Gasteiger partial charge in [-0.3, -0.25) is 0 Å². The second-order valence-electron chi connectivity index (χ2n) is 8.17. The highest BCUT2D eigenvalue weighted by Gasteiger charge is 2.25. The Morgan fingerprint density at radius 2 is 1.91 bits per heavy atom. The summed E-state index contributed by atoms with van der Waals surface area (Å²) in [5.74, 6) is 0.282. The van der Waals surface area contributed by atoms with Crippen LogP contribution in [0.15, 0.2) is 79.5 Å². The van der Waals surface area contributed by atoms with Gasteiger partial charge in [0, 0.05) is 28.3 Å². The lowest BCUT2D eigenvalue weighted by Crippen LogP contribution is -2.16. The monoisotopic (exact) mass is 437 g/mol. The van der Waals surface area contributed by atoms with Crippen LogP contribution in [0.4, 0.5) is 5.69 Å². The van der Waals surface area contributed by atoms with Crippen LogP contribution in [-0.4, -0.2) is 20.9 Å². The molecule has 0 saturated carbocycles. The Kier molecular flexibility index (Phi) is 4.98. The molecule has 1 aromatic heterocycles. The number of para-hydroxylation sites is 2. The number of anilines is 1. The number of carboxylic acids is 1. The van der Waals surface area contributed by atoms with Crippen molar-refractivity contribution in [3.63, 3.8) is 0 Å². The van der Waals surface area contributed by atoms with E-state index in [0.29, 0.717) is 17.3 Å². The van der Waals surface area contributed by atoms with Gasteiger partial charge in [-0.05, 0) is 49.2 Å². The SMILES string of the molecule is C=C1C=C(n2ncc3ccccc32)Oc2c1cc(C)cc2C(C)Nc1ccccc1C(=O)O. The third kappa shape index (κ3) is 3.65. The predicted octanol–water partition coefficient (Wildman–Crippen LogP) is 6.12. The fourth-order valence-corrected chi connectivity index (χ4v) is 4.19. The van der Waals surface area contributed by atoms with E-state index in [1.54, 1.807) is 29.1 Å². The Morgan fingerprint density at radius 1 is 1.15 bits per heavy atom. The molecule has 0 amide bonds. The highest BCUT2D eigenvalue weighted by atomic mass is 16.5. The molecule has 4 aromatic rings. The third-order valence-electron chi connectivity index (χ3n) is 5.79. The van der Waals surface area contributed by atoms with Gasteiger partial charge in [0.2, 0.25) is 5.88 Å². The van der Waals surface area contributed by atoms with Crippen molar-refractivity contribution in [2.75, 3.05) is 5.32 Å². The normalized spacial score (nSPS) is 13.8. The number of hydrogen-bond donors (Lipinski definition) is 2. The van der Waals surface area contributed by atoms with Crippen LogP contribution in [0.2, 0.25) is 0 Å². The van der Waals surface area contributed by atoms with E-state index in [0.717, 1.165) is 33.2 Å². The molecule has 1 aliphatic heterocycles. The molecule has 6 heteroatoms. The minimum Gasteiger partial charge on any atom is -0.478 e. The number of fused-ring (bicyclic) bond motifs is 2. The van der Waals surface area contributed by atoms with E-state index in [4.69, 9.17) is 4.74 Å². The van der Waals surface area contributed by atoms with Crippen molar-refractivity contribution in [2.24, 2.45) is 0 Å². The van der Waals surface area contributed by atoms with E-state index >= 15 is 0 Å². The summed E-state index contributed by atoms with van der Waals surface area (Å²) in [6, 6.07) is 18.7. The summed E-state index contributed by atoms with van der Waals surface area (Å²) in [7, 11) is 0. The topological polar surface area (TPSA) is 76.4 Å². The number of carboxylic acid groups (broad SMARTS) is 1. The molecule has 0 radical (unpaired) electrons. The van der Waals surface area contributed by atoms with E-state index in [9.17, 15) is 9.90 Å². The zero-order chi connectivity index (χ0) is 23.1. The molecule has 1 aliphatic rings. The van der Waals surface area contributed by atoms with Crippen LogP contribution in [0.3, 0.4) is 0 Å². The second kappa shape index (κ2) is 7.98. The summed E-state index contributed by atoms with van der Waals surface area (Å²) < 4.78 is 8.19. The van der Waals surface area contributed by atoms with Crippen molar-refractivity contribution in [1.82, 2.24) is 9.78 Å². The molecule has 164 valence electrons. The number of aromatic carboxylic acids is 1. The smallest absolute Gasteiger partial charge is 0.337 e. The van der Waals surface area contributed by atoms with Crippen LogP contribution in [0, 0.1) is 6.92 Å². The molecule has 2 heterocycles. The lowest BCUT2D eigenvalue weighted by atomic mass is 9.94. The molecule has 1 unspecified atom stereocenters. The van der Waals surface area contributed by atoms with Gasteiger partial charge in [-0.15, -0.1) is 0 Å². The standard InChI is InChI=1S/C27H23N3O3/c1-16-12-21-17(2)14-25(30-24-11-7-4-8-19(24)15-28-30)33-26(21)22(13-16)18(3)29-23-10-6-5-9-20(23)27(31)32/h4-15,18,29H,2H2,1,3H3,(H,31,32). The molecule has 0 fully saturated rings. The van der Waals surface area contributed by atoms with Gasteiger partial charge in [-0.1, -0.05) is 43.0 Å². The zero-order valence-electron chi connectivity index (χ0n) is 18.4. The predicted molar refractivity (Wildman–Crippen MR) is 130 cm³/mol. The van der Waals surface area contributed by atoms with Crippen LogP contribution in [0.25, 0.3) is 22.4 Å². The van der Waals surface area contributed by atoms with E-state index in [1.807, 2.05) is 56.3 Å². The van der Waals surface area contributed by atoms with Gasteiger partial charge in [-0.2, -0.15) is 5.10 Å². The van der Waals surface area contributed by atoms with E-state index in [2.05, 4.69) is 23.1 Å². The van der Waals surface area contributed by atoms with Crippen molar-refractivity contribution in [1.29, 1.82) is 0 Å². The quantitative estimate of drug-likeness (QED) is 0.393. The average molecular weight is 437 g/mol. The Hall–Kier alpha value is -4.32. The highest BCUT2D eigenvalue weighted by molar-refractivity contribution is 5.94. The number of rotatable bonds is 5. The number of ether oxygens (including phenoxy) is 1. The number of aromatic nitrogens is 2. The molecule has 1 atom stereocenters. The number of carbonyl (C=O) groups is 1. The Labute approximate surface area is 191 Å². The first-order chi connectivity index (χ1) is 15.9. The van der Waals surface area contributed by atoms with Gasteiger partial charge in [0.15, 0.2) is 0 Å². The molecule has 2 N–H and O–H groups in total. The van der Waals surface area contributed by atoms with Crippen LogP contribution < -0.4 is 10.1 Å². The minimum atomic E-state index is -0.975. The Morgan fingerprint density at radius 3 is 2.73 bits per heavy atom. The maximum Gasteiger partial charge on any atom is 0.337 e. The summed E-state index contributed by atoms with van der Waals surface area (Å²) >= 11 is 0. The highest BCUT2D eigenvalue weighted by Crippen LogP contribution is 2.41. The number of allylic oxidation sites excluding steroid dienone is 2. The van der Waals surface area contributed by atoms with E-state index < -0.39 is 5.97 Å². The summed E-state index contributed by atoms with van der Waals surface area (Å²) in [6.45, 7) is 8.27. The van der Waals surface area contributed by atoms with Crippen molar-refractivity contribution < 1.29 is 14.6 Å². The van der Waals surface area contributed by atoms with Crippen LogP contribution >= 0.6 is 0 Å².